The molecule has 0 saturated carbocycles. The summed E-state index contributed by atoms with van der Waals surface area (Å²) in [7, 11) is 1.00. The minimum absolute atomic E-state index is 0.584. The molecule has 0 aliphatic heterocycles. The van der Waals surface area contributed by atoms with E-state index in [-0.39, 0.29) is 0 Å². The fraction of sp³-hybridized carbons (Fsp3) is 0.750. The second-order valence-electron chi connectivity index (χ2n) is 2.41. The fourth-order valence-electron chi connectivity index (χ4n) is 0.536. The molecule has 2 atom stereocenters. The second kappa shape index (κ2) is 10.0. The molecule has 0 rings (SSSR count). The van der Waals surface area contributed by atoms with E-state index in [0.717, 1.165) is 12.9 Å². The van der Waals surface area contributed by atoms with Crippen molar-refractivity contribution in [1.82, 2.24) is 0 Å². The van der Waals surface area contributed by atoms with Crippen LogP contribution < -0.4 is 5.14 Å². The lowest BCUT2D eigenvalue weighted by Crippen LogP contribution is -2.08. The van der Waals surface area contributed by atoms with Gasteiger partial charge in [0.25, 0.3) is 0 Å². The van der Waals surface area contributed by atoms with Crippen molar-refractivity contribution in [2.45, 2.75) is 13.8 Å². The first kappa shape index (κ1) is 13.6. The van der Waals surface area contributed by atoms with Crippen LogP contribution in [-0.2, 0) is 0 Å². The maximum atomic E-state index is 7.00. The van der Waals surface area contributed by atoms with Crippen molar-refractivity contribution in [3.05, 3.63) is 12.7 Å². The van der Waals surface area contributed by atoms with Gasteiger partial charge in [-0.3, -0.25) is 5.14 Å². The van der Waals surface area contributed by atoms with Crippen LogP contribution in [0.4, 0.5) is 0 Å². The zero-order chi connectivity index (χ0) is 9.28. The molecule has 3 heteroatoms. The van der Waals surface area contributed by atoms with E-state index in [9.17, 15) is 0 Å². The molecule has 0 aromatic carbocycles. The molecule has 2 nitrogen and oxygen atoms in total. The van der Waals surface area contributed by atoms with E-state index in [0.29, 0.717) is 11.8 Å². The third-order valence-electron chi connectivity index (χ3n) is 1.63. The van der Waals surface area contributed by atoms with Crippen LogP contribution in [0, 0.1) is 11.8 Å². The first-order chi connectivity index (χ1) is 5.22. The Labute approximate surface area is 74.0 Å². The van der Waals surface area contributed by atoms with E-state index in [1.807, 2.05) is 6.08 Å². The van der Waals surface area contributed by atoms with Crippen LogP contribution in [0.25, 0.3) is 0 Å². The molecule has 0 aliphatic carbocycles. The maximum Gasteiger partial charge on any atom is 0.0319 e. The Morgan fingerprint density at radius 2 is 2.00 bits per heavy atom. The Kier molecular flexibility index (Phi) is 12.4. The summed E-state index contributed by atoms with van der Waals surface area (Å²) in [6.45, 7) is 8.06. The largest absolute Gasteiger partial charge is 0.400 e. The third-order valence-corrected chi connectivity index (χ3v) is 2.35. The Bertz CT molecular complexity index is 88.2. The fourth-order valence-corrected chi connectivity index (χ4v) is 1.14. The zero-order valence-corrected chi connectivity index (χ0v) is 8.40. The summed E-state index contributed by atoms with van der Waals surface area (Å²) in [5.74, 6) is 2.26. The van der Waals surface area contributed by atoms with Crippen molar-refractivity contribution in [3.63, 3.8) is 0 Å². The van der Waals surface area contributed by atoms with Gasteiger partial charge < -0.3 is 5.11 Å². The van der Waals surface area contributed by atoms with Crippen LogP contribution in [0.15, 0.2) is 12.7 Å². The Hall–Kier alpha value is 0.01000. The number of allylic oxidation sites excluding steroid dienone is 1. The molecule has 0 amide bonds. The molecule has 0 aromatic rings. The SMILES string of the molecule is C=C[C@H](C)C(C)CSN.CO. The van der Waals surface area contributed by atoms with Gasteiger partial charge >= 0.3 is 0 Å². The molecular formula is C8H19NOS. The first-order valence-electron chi connectivity index (χ1n) is 3.61. The second-order valence-corrected chi connectivity index (χ2v) is 3.07. The topological polar surface area (TPSA) is 46.2 Å². The van der Waals surface area contributed by atoms with Crippen molar-refractivity contribution < 1.29 is 5.11 Å². The molecular weight excluding hydrogens is 158 g/mol. The molecule has 0 radical (unpaired) electrons. The van der Waals surface area contributed by atoms with Gasteiger partial charge in [-0.15, -0.1) is 6.58 Å². The summed E-state index contributed by atoms with van der Waals surface area (Å²) in [5.41, 5.74) is 0. The number of hydrogen-bond acceptors (Lipinski definition) is 3. The maximum absolute atomic E-state index is 7.00. The van der Waals surface area contributed by atoms with Crippen molar-refractivity contribution >= 4 is 11.9 Å². The molecule has 3 N–H and O–H groups in total. The standard InChI is InChI=1S/C7H15NS.CH4O/c1-4-6(2)7(3)5-9-8;1-2/h4,6-7H,1,5,8H2,2-3H3;2H,1H3/t6-,7?;/m0./s1. The Balaban J connectivity index is 0. The van der Waals surface area contributed by atoms with Gasteiger partial charge in [-0.25, -0.2) is 0 Å². The molecule has 0 saturated heterocycles. The normalized spacial score (nSPS) is 14.3. The van der Waals surface area contributed by atoms with E-state index in [1.54, 1.807) is 0 Å². The van der Waals surface area contributed by atoms with E-state index in [2.05, 4.69) is 20.4 Å². The summed E-state index contributed by atoms with van der Waals surface area (Å²) < 4.78 is 0. The molecule has 0 spiro atoms. The van der Waals surface area contributed by atoms with Gasteiger partial charge in [0.1, 0.15) is 0 Å². The minimum Gasteiger partial charge on any atom is -0.400 e. The Morgan fingerprint density at radius 3 is 2.27 bits per heavy atom. The Morgan fingerprint density at radius 1 is 1.55 bits per heavy atom. The average Bonchev–Trinajstić information content (AvgIpc) is 2.07. The van der Waals surface area contributed by atoms with Crippen molar-refractivity contribution in [2.24, 2.45) is 17.0 Å². The molecule has 0 aromatic heterocycles. The molecule has 0 heterocycles. The van der Waals surface area contributed by atoms with Crippen molar-refractivity contribution in [2.75, 3.05) is 12.9 Å². The van der Waals surface area contributed by atoms with E-state index < -0.39 is 0 Å². The van der Waals surface area contributed by atoms with Gasteiger partial charge in [-0.1, -0.05) is 31.9 Å². The van der Waals surface area contributed by atoms with Gasteiger partial charge in [-0.05, 0) is 11.8 Å². The predicted molar refractivity (Wildman–Crippen MR) is 53.3 cm³/mol. The summed E-state index contributed by atoms with van der Waals surface area (Å²) in [5, 5.41) is 12.3. The van der Waals surface area contributed by atoms with Crippen LogP contribution in [-0.4, -0.2) is 18.0 Å². The predicted octanol–water partition coefficient (Wildman–Crippen LogP) is 1.66. The summed E-state index contributed by atoms with van der Waals surface area (Å²) in [6, 6.07) is 0. The monoisotopic (exact) mass is 177 g/mol. The van der Waals surface area contributed by atoms with Gasteiger partial charge in [0.15, 0.2) is 0 Å². The molecule has 68 valence electrons. The minimum atomic E-state index is 0.584. The summed E-state index contributed by atoms with van der Waals surface area (Å²) in [6.07, 6.45) is 1.97. The number of nitrogens with two attached hydrogens (primary N) is 1. The van der Waals surface area contributed by atoms with Crippen LogP contribution in [0.3, 0.4) is 0 Å². The van der Waals surface area contributed by atoms with Gasteiger partial charge in [0.05, 0.1) is 0 Å². The summed E-state index contributed by atoms with van der Waals surface area (Å²) >= 11 is 1.41. The third kappa shape index (κ3) is 7.91. The highest BCUT2D eigenvalue weighted by atomic mass is 32.2. The molecule has 1 unspecified atom stereocenters. The lowest BCUT2D eigenvalue weighted by Gasteiger charge is -2.13. The van der Waals surface area contributed by atoms with Gasteiger partial charge in [-0.2, -0.15) is 0 Å². The van der Waals surface area contributed by atoms with Crippen LogP contribution in [0.5, 0.6) is 0 Å². The summed E-state index contributed by atoms with van der Waals surface area (Å²) in [4.78, 5) is 0. The van der Waals surface area contributed by atoms with Gasteiger partial charge in [0, 0.05) is 12.9 Å². The van der Waals surface area contributed by atoms with Crippen LogP contribution in [0.1, 0.15) is 13.8 Å². The zero-order valence-electron chi connectivity index (χ0n) is 7.58. The lowest BCUT2D eigenvalue weighted by atomic mass is 9.99. The first-order valence-corrected chi connectivity index (χ1v) is 4.66. The van der Waals surface area contributed by atoms with Crippen molar-refractivity contribution in [1.29, 1.82) is 0 Å². The average molecular weight is 177 g/mol. The molecule has 0 aliphatic rings. The number of aliphatic hydroxyl groups is 1. The number of hydrogen-bond donors (Lipinski definition) is 2. The van der Waals surface area contributed by atoms with Crippen molar-refractivity contribution in [3.8, 4) is 0 Å². The smallest absolute Gasteiger partial charge is 0.0319 e. The molecule has 11 heavy (non-hydrogen) atoms. The van der Waals surface area contributed by atoms with Gasteiger partial charge in [0.2, 0.25) is 0 Å². The molecule has 0 fully saturated rings. The highest BCUT2D eigenvalue weighted by Crippen LogP contribution is 2.14. The highest BCUT2D eigenvalue weighted by molar-refractivity contribution is 7.97. The van der Waals surface area contributed by atoms with E-state index in [4.69, 9.17) is 10.2 Å². The van der Waals surface area contributed by atoms with Crippen LogP contribution in [0.2, 0.25) is 0 Å². The quantitative estimate of drug-likeness (QED) is 0.507. The number of aliphatic hydroxyl groups excluding tert-OH is 1. The van der Waals surface area contributed by atoms with E-state index in [1.165, 1.54) is 11.9 Å². The van der Waals surface area contributed by atoms with E-state index >= 15 is 0 Å². The highest BCUT2D eigenvalue weighted by Gasteiger charge is 2.06. The number of rotatable bonds is 4. The lowest BCUT2D eigenvalue weighted by molar-refractivity contribution is 0.399. The molecule has 0 bridgehead atoms. The van der Waals surface area contributed by atoms with Crippen LogP contribution >= 0.6 is 11.9 Å².